The number of unbranched alkanes of at least 4 members (excludes halogenated alkanes) is 1. The number of hydrogen-bond donors (Lipinski definition) is 1. The Morgan fingerprint density at radius 1 is 1.43 bits per heavy atom. The zero-order chi connectivity index (χ0) is 10.4. The first-order valence-electron chi connectivity index (χ1n) is 5.02. The van der Waals surface area contributed by atoms with E-state index >= 15 is 0 Å². The van der Waals surface area contributed by atoms with Gasteiger partial charge in [0, 0.05) is 12.8 Å². The van der Waals surface area contributed by atoms with Gasteiger partial charge in [-0.3, -0.25) is 4.79 Å². The summed E-state index contributed by atoms with van der Waals surface area (Å²) in [4.78, 5) is 11.4. The summed E-state index contributed by atoms with van der Waals surface area (Å²) in [5.41, 5.74) is 0.895. The molecule has 0 atom stereocenters. The minimum absolute atomic E-state index is 0.228. The summed E-state index contributed by atoms with van der Waals surface area (Å²) in [5.74, 6) is 0.475. The number of benzene rings is 1. The molecule has 14 heavy (non-hydrogen) atoms. The molecule has 2 heteroatoms. The topological polar surface area (TPSA) is 37.3 Å². The van der Waals surface area contributed by atoms with E-state index in [0.29, 0.717) is 12.8 Å². The molecule has 0 saturated carbocycles. The van der Waals surface area contributed by atoms with Gasteiger partial charge in [0.25, 0.3) is 0 Å². The molecule has 0 bridgehead atoms. The minimum Gasteiger partial charge on any atom is -0.508 e. The van der Waals surface area contributed by atoms with Crippen LogP contribution in [0.15, 0.2) is 24.3 Å². The molecule has 76 valence electrons. The molecule has 1 rings (SSSR count). The Bertz CT molecular complexity index is 305. The van der Waals surface area contributed by atoms with Crippen LogP contribution in [0.25, 0.3) is 0 Å². The molecule has 0 aliphatic rings. The first kappa shape index (κ1) is 10.8. The van der Waals surface area contributed by atoms with E-state index in [9.17, 15) is 9.90 Å². The Labute approximate surface area is 84.6 Å². The summed E-state index contributed by atoms with van der Waals surface area (Å²) in [5, 5.41) is 9.19. The first-order valence-corrected chi connectivity index (χ1v) is 5.02. The average molecular weight is 192 g/mol. The van der Waals surface area contributed by atoms with Crippen LogP contribution in [0.3, 0.4) is 0 Å². The zero-order valence-electron chi connectivity index (χ0n) is 8.49. The summed E-state index contributed by atoms with van der Waals surface area (Å²) in [6.45, 7) is 2.07. The highest BCUT2D eigenvalue weighted by atomic mass is 16.3. The summed E-state index contributed by atoms with van der Waals surface area (Å²) in [6.07, 6.45) is 3.09. The van der Waals surface area contributed by atoms with Gasteiger partial charge in [-0.05, 0) is 24.1 Å². The Hall–Kier alpha value is -1.31. The van der Waals surface area contributed by atoms with Crippen molar-refractivity contribution in [3.05, 3.63) is 29.8 Å². The van der Waals surface area contributed by atoms with Gasteiger partial charge in [-0.25, -0.2) is 0 Å². The molecule has 0 spiro atoms. The summed E-state index contributed by atoms with van der Waals surface area (Å²) < 4.78 is 0. The number of phenolic OH excluding ortho intramolecular Hbond substituents is 1. The highest BCUT2D eigenvalue weighted by Gasteiger charge is 2.03. The maximum atomic E-state index is 11.4. The van der Waals surface area contributed by atoms with E-state index in [1.807, 2.05) is 6.07 Å². The van der Waals surface area contributed by atoms with E-state index in [2.05, 4.69) is 6.92 Å². The zero-order valence-corrected chi connectivity index (χ0v) is 8.49. The number of rotatable bonds is 5. The Kier molecular flexibility index (Phi) is 4.17. The van der Waals surface area contributed by atoms with Gasteiger partial charge in [-0.15, -0.1) is 0 Å². The number of carbonyl (C=O) groups excluding carboxylic acids is 1. The number of hydrogen-bond acceptors (Lipinski definition) is 2. The fraction of sp³-hybridized carbons (Fsp3) is 0.417. The fourth-order valence-electron chi connectivity index (χ4n) is 1.36. The van der Waals surface area contributed by atoms with E-state index in [4.69, 9.17) is 0 Å². The fourth-order valence-corrected chi connectivity index (χ4v) is 1.36. The Morgan fingerprint density at radius 2 is 2.21 bits per heavy atom. The lowest BCUT2D eigenvalue weighted by atomic mass is 10.1. The van der Waals surface area contributed by atoms with E-state index in [1.54, 1.807) is 18.2 Å². The Balaban J connectivity index is 2.47. The molecule has 0 radical (unpaired) electrons. The van der Waals surface area contributed by atoms with Crippen molar-refractivity contribution < 1.29 is 9.90 Å². The maximum Gasteiger partial charge on any atom is 0.137 e. The third kappa shape index (κ3) is 3.60. The number of Topliss-reactive ketones (excluding diaryl/α,β-unsaturated/α-hetero) is 1. The largest absolute Gasteiger partial charge is 0.508 e. The molecule has 0 saturated heterocycles. The standard InChI is InChI=1S/C12H16O2/c1-2-3-6-11(13)8-10-5-4-7-12(14)9-10/h4-5,7,9,14H,2-3,6,8H2,1H3. The van der Waals surface area contributed by atoms with Crippen molar-refractivity contribution in [3.63, 3.8) is 0 Å². The van der Waals surface area contributed by atoms with E-state index in [0.717, 1.165) is 18.4 Å². The van der Waals surface area contributed by atoms with E-state index in [1.165, 1.54) is 0 Å². The number of carbonyl (C=O) groups is 1. The van der Waals surface area contributed by atoms with E-state index < -0.39 is 0 Å². The van der Waals surface area contributed by atoms with Gasteiger partial charge >= 0.3 is 0 Å². The van der Waals surface area contributed by atoms with Crippen molar-refractivity contribution in [1.29, 1.82) is 0 Å². The second-order valence-electron chi connectivity index (χ2n) is 3.49. The van der Waals surface area contributed by atoms with Crippen LogP contribution < -0.4 is 0 Å². The molecule has 0 aliphatic carbocycles. The van der Waals surface area contributed by atoms with Crippen LogP contribution in [-0.4, -0.2) is 10.9 Å². The van der Waals surface area contributed by atoms with Crippen molar-refractivity contribution >= 4 is 5.78 Å². The second-order valence-corrected chi connectivity index (χ2v) is 3.49. The van der Waals surface area contributed by atoms with Crippen molar-refractivity contribution in [2.45, 2.75) is 32.6 Å². The molecule has 0 amide bonds. The van der Waals surface area contributed by atoms with Crippen LogP contribution in [0.5, 0.6) is 5.75 Å². The molecule has 1 N–H and O–H groups in total. The molecule has 2 nitrogen and oxygen atoms in total. The summed E-state index contributed by atoms with van der Waals surface area (Å²) in [6, 6.07) is 6.88. The number of ketones is 1. The van der Waals surface area contributed by atoms with Crippen molar-refractivity contribution in [2.75, 3.05) is 0 Å². The van der Waals surface area contributed by atoms with E-state index in [-0.39, 0.29) is 11.5 Å². The van der Waals surface area contributed by atoms with Crippen LogP contribution in [0.2, 0.25) is 0 Å². The highest BCUT2D eigenvalue weighted by Crippen LogP contribution is 2.12. The quantitative estimate of drug-likeness (QED) is 0.778. The monoisotopic (exact) mass is 192 g/mol. The predicted molar refractivity (Wildman–Crippen MR) is 56.3 cm³/mol. The Morgan fingerprint density at radius 3 is 2.86 bits per heavy atom. The normalized spacial score (nSPS) is 10.1. The second kappa shape index (κ2) is 5.43. The lowest BCUT2D eigenvalue weighted by molar-refractivity contribution is -0.118. The van der Waals surface area contributed by atoms with Crippen molar-refractivity contribution in [2.24, 2.45) is 0 Å². The average Bonchev–Trinajstić information content (AvgIpc) is 2.15. The SMILES string of the molecule is CCCCC(=O)Cc1cccc(O)c1. The van der Waals surface area contributed by atoms with Gasteiger partial charge in [0.1, 0.15) is 11.5 Å². The molecule has 0 fully saturated rings. The van der Waals surface area contributed by atoms with Crippen LogP contribution >= 0.6 is 0 Å². The van der Waals surface area contributed by atoms with Gasteiger partial charge in [-0.1, -0.05) is 25.5 Å². The van der Waals surface area contributed by atoms with Gasteiger partial charge in [0.15, 0.2) is 0 Å². The lowest BCUT2D eigenvalue weighted by Gasteiger charge is -2.00. The molecule has 1 aromatic carbocycles. The highest BCUT2D eigenvalue weighted by molar-refractivity contribution is 5.80. The van der Waals surface area contributed by atoms with Crippen LogP contribution in [0.4, 0.5) is 0 Å². The third-order valence-electron chi connectivity index (χ3n) is 2.12. The third-order valence-corrected chi connectivity index (χ3v) is 2.12. The van der Waals surface area contributed by atoms with Gasteiger partial charge in [0.05, 0.1) is 0 Å². The predicted octanol–water partition coefficient (Wildman–Crippen LogP) is 2.69. The van der Waals surface area contributed by atoms with Crippen LogP contribution in [0.1, 0.15) is 31.7 Å². The van der Waals surface area contributed by atoms with Crippen molar-refractivity contribution in [3.8, 4) is 5.75 Å². The number of phenols is 1. The minimum atomic E-state index is 0.228. The smallest absolute Gasteiger partial charge is 0.137 e. The first-order chi connectivity index (χ1) is 6.72. The van der Waals surface area contributed by atoms with Gasteiger partial charge < -0.3 is 5.11 Å². The van der Waals surface area contributed by atoms with Crippen molar-refractivity contribution in [1.82, 2.24) is 0 Å². The van der Waals surface area contributed by atoms with Crippen LogP contribution in [0, 0.1) is 0 Å². The van der Waals surface area contributed by atoms with Crippen LogP contribution in [-0.2, 0) is 11.2 Å². The number of aromatic hydroxyl groups is 1. The molecule has 0 heterocycles. The molecular formula is C12H16O2. The summed E-state index contributed by atoms with van der Waals surface area (Å²) in [7, 11) is 0. The molecular weight excluding hydrogens is 176 g/mol. The lowest BCUT2D eigenvalue weighted by Crippen LogP contribution is -2.01. The summed E-state index contributed by atoms with van der Waals surface area (Å²) >= 11 is 0. The maximum absolute atomic E-state index is 11.4. The molecule has 0 aromatic heterocycles. The van der Waals surface area contributed by atoms with Gasteiger partial charge in [0.2, 0.25) is 0 Å². The van der Waals surface area contributed by atoms with Gasteiger partial charge in [-0.2, -0.15) is 0 Å². The molecule has 0 unspecified atom stereocenters. The molecule has 1 aromatic rings. The molecule has 0 aliphatic heterocycles.